The third kappa shape index (κ3) is 6.36. The molecule has 0 saturated heterocycles. The Hall–Kier alpha value is -3.36. The van der Waals surface area contributed by atoms with Gasteiger partial charge >= 0.3 is 13.7 Å². The second-order valence-electron chi connectivity index (χ2n) is 11.4. The Labute approximate surface area is 260 Å². The van der Waals surface area contributed by atoms with E-state index in [0.29, 0.717) is 6.61 Å². The van der Waals surface area contributed by atoms with Crippen LogP contribution < -0.4 is 19.7 Å². The molecule has 16 heteroatoms. The molecule has 3 N–H and O–H groups in total. The fraction of sp³-hybridized carbons (Fsp3) is 0.586. The van der Waals surface area contributed by atoms with Gasteiger partial charge in [0.05, 0.1) is 19.5 Å². The summed E-state index contributed by atoms with van der Waals surface area (Å²) in [5, 5.41) is 17.2. The Bertz CT molecular complexity index is 1550. The fourth-order valence-corrected chi connectivity index (χ4v) is 7.15. The molecule has 2 saturated carbocycles. The van der Waals surface area contributed by atoms with E-state index in [1.165, 1.54) is 20.4 Å². The summed E-state index contributed by atoms with van der Waals surface area (Å²) in [5.74, 6) is -2.65. The first-order chi connectivity index (χ1) is 21.4. The van der Waals surface area contributed by atoms with E-state index in [2.05, 4.69) is 25.4 Å². The number of halogens is 1. The zero-order valence-corrected chi connectivity index (χ0v) is 26.9. The lowest BCUT2D eigenvalue weighted by Gasteiger charge is -2.33. The molecule has 0 aliphatic heterocycles. The molecule has 0 radical (unpaired) electrons. The van der Waals surface area contributed by atoms with Crippen molar-refractivity contribution in [2.45, 2.75) is 82.0 Å². The normalized spacial score (nSPS) is 24.9. The summed E-state index contributed by atoms with van der Waals surface area (Å²) in [7, 11) is -1.44. The number of carbonyl (C=O) groups is 1. The summed E-state index contributed by atoms with van der Waals surface area (Å²) in [6, 6.07) is 7.18. The van der Waals surface area contributed by atoms with Crippen molar-refractivity contribution in [3.05, 3.63) is 36.7 Å². The van der Waals surface area contributed by atoms with Crippen LogP contribution in [0, 0.1) is 0 Å². The average Bonchev–Trinajstić information content (AvgIpc) is 3.35. The Morgan fingerprint density at radius 1 is 1.27 bits per heavy atom. The summed E-state index contributed by atoms with van der Waals surface area (Å²) in [5.41, 5.74) is -3.58. The smallest absolute Gasteiger partial charge is 0.459 e. The van der Waals surface area contributed by atoms with E-state index < -0.39 is 43.4 Å². The monoisotopic (exact) mass is 650 g/mol. The Kier molecular flexibility index (Phi) is 9.39. The van der Waals surface area contributed by atoms with Crippen LogP contribution in [0.4, 0.5) is 10.3 Å². The van der Waals surface area contributed by atoms with Crippen molar-refractivity contribution >= 4 is 30.8 Å². The molecule has 0 bridgehead atoms. The zero-order valence-electron chi connectivity index (χ0n) is 26.0. The van der Waals surface area contributed by atoms with E-state index in [9.17, 15) is 14.5 Å². The Morgan fingerprint density at radius 2 is 1.98 bits per heavy atom. The van der Waals surface area contributed by atoms with E-state index in [1.807, 2.05) is 0 Å². The van der Waals surface area contributed by atoms with Gasteiger partial charge in [0, 0.05) is 20.6 Å². The lowest BCUT2D eigenvalue weighted by Crippen LogP contribution is -2.48. The summed E-state index contributed by atoms with van der Waals surface area (Å²) in [4.78, 5) is 25.7. The summed E-state index contributed by atoms with van der Waals surface area (Å²) < 4.78 is 60.4. The number of alkyl halides is 1. The Balaban J connectivity index is 1.39. The van der Waals surface area contributed by atoms with Crippen molar-refractivity contribution in [2.24, 2.45) is 0 Å². The number of benzene rings is 1. The number of fused-ring (bicyclic) bond motifs is 1. The number of rotatable bonds is 15. The SMILES string of the molecule is CCOc1nc(NC)nc2c1ncn2C(C)(F)C1(O)CC1(COP(=O)(NC(C)C(=O)OC1CCCC1)Oc1ccccc1)OC. The van der Waals surface area contributed by atoms with Crippen LogP contribution in [0.5, 0.6) is 11.6 Å². The minimum absolute atomic E-state index is 0.0726. The van der Waals surface area contributed by atoms with Gasteiger partial charge in [-0.1, -0.05) is 18.2 Å². The summed E-state index contributed by atoms with van der Waals surface area (Å²) >= 11 is 0. The number of carbonyl (C=O) groups excluding carboxylic acids is 1. The van der Waals surface area contributed by atoms with Gasteiger partial charge in [0.15, 0.2) is 16.8 Å². The molecule has 246 valence electrons. The van der Waals surface area contributed by atoms with Crippen LogP contribution >= 0.6 is 7.75 Å². The number of imidazole rings is 1. The highest BCUT2D eigenvalue weighted by molar-refractivity contribution is 7.52. The highest BCUT2D eigenvalue weighted by Gasteiger charge is 2.78. The van der Waals surface area contributed by atoms with Gasteiger partial charge in [-0.25, -0.2) is 13.9 Å². The predicted octanol–water partition coefficient (Wildman–Crippen LogP) is 4.10. The topological polar surface area (TPSA) is 168 Å². The van der Waals surface area contributed by atoms with Gasteiger partial charge in [-0.15, -0.1) is 0 Å². The lowest BCUT2D eigenvalue weighted by molar-refractivity contribution is -0.150. The molecule has 2 heterocycles. The third-order valence-electron chi connectivity index (χ3n) is 8.36. The number of aromatic nitrogens is 4. The van der Waals surface area contributed by atoms with Gasteiger partial charge < -0.3 is 29.2 Å². The van der Waals surface area contributed by atoms with Crippen LogP contribution in [0.3, 0.4) is 0 Å². The highest BCUT2D eigenvalue weighted by Crippen LogP contribution is 2.62. The number of esters is 1. The van der Waals surface area contributed by atoms with Crippen LogP contribution in [0.15, 0.2) is 36.7 Å². The molecule has 0 spiro atoms. The summed E-state index contributed by atoms with van der Waals surface area (Å²) in [6.45, 7) is 4.16. The molecule has 0 amide bonds. The Morgan fingerprint density at radius 3 is 2.62 bits per heavy atom. The van der Waals surface area contributed by atoms with Crippen LogP contribution in [0.1, 0.15) is 52.9 Å². The molecule has 2 aliphatic rings. The minimum Gasteiger partial charge on any atom is -0.476 e. The van der Waals surface area contributed by atoms with Gasteiger partial charge in [-0.2, -0.15) is 15.1 Å². The van der Waals surface area contributed by atoms with Crippen LogP contribution in [-0.4, -0.2) is 81.3 Å². The van der Waals surface area contributed by atoms with Gasteiger partial charge in [-0.05, 0) is 58.6 Å². The number of nitrogens with one attached hydrogen (secondary N) is 2. The standard InChI is InChI=1S/C29H40FN6O8P/c1-6-41-24-22-23(33-26(31-4)34-24)36(18-32-22)27(3,30)29(38)16-28(29,40-5)17-42-45(39,44-21-14-8-7-9-15-21)35-19(2)25(37)43-20-12-10-11-13-20/h7-9,14-15,18-20,38H,6,10-13,16-17H2,1-5H3,(H,35,39)(H,31,33,34). The number of nitrogens with zero attached hydrogens (tertiary/aromatic N) is 4. The lowest BCUT2D eigenvalue weighted by atomic mass is 10.0. The molecular weight excluding hydrogens is 610 g/mol. The molecule has 5 atom stereocenters. The summed E-state index contributed by atoms with van der Waals surface area (Å²) in [6.07, 6.45) is 4.24. The van der Waals surface area contributed by atoms with Crippen molar-refractivity contribution in [3.63, 3.8) is 0 Å². The minimum atomic E-state index is -4.33. The van der Waals surface area contributed by atoms with Crippen molar-refractivity contribution in [3.8, 4) is 11.6 Å². The molecule has 14 nitrogen and oxygen atoms in total. The van der Waals surface area contributed by atoms with Gasteiger partial charge in [-0.3, -0.25) is 13.9 Å². The van der Waals surface area contributed by atoms with E-state index in [4.69, 9.17) is 23.3 Å². The number of anilines is 1. The van der Waals surface area contributed by atoms with Crippen molar-refractivity contribution in [1.82, 2.24) is 24.6 Å². The predicted molar refractivity (Wildman–Crippen MR) is 162 cm³/mol. The maximum absolute atomic E-state index is 16.9. The van der Waals surface area contributed by atoms with Gasteiger partial charge in [0.25, 0.3) is 0 Å². The largest absolute Gasteiger partial charge is 0.476 e. The van der Waals surface area contributed by atoms with E-state index in [-0.39, 0.29) is 41.3 Å². The molecule has 2 fully saturated rings. The first-order valence-corrected chi connectivity index (χ1v) is 16.4. The third-order valence-corrected chi connectivity index (χ3v) is 9.99. The second-order valence-corrected chi connectivity index (χ2v) is 13.1. The molecular formula is C29H40FN6O8P. The number of hydrogen-bond acceptors (Lipinski definition) is 12. The quantitative estimate of drug-likeness (QED) is 0.159. The van der Waals surface area contributed by atoms with Crippen molar-refractivity contribution in [2.75, 3.05) is 32.7 Å². The van der Waals surface area contributed by atoms with E-state index >= 15 is 4.39 Å². The first-order valence-electron chi connectivity index (χ1n) is 14.9. The first kappa shape index (κ1) is 33.0. The van der Waals surface area contributed by atoms with Crippen LogP contribution in [-0.2, 0) is 29.1 Å². The molecule has 2 aliphatic carbocycles. The molecule has 45 heavy (non-hydrogen) atoms. The van der Waals surface area contributed by atoms with Crippen molar-refractivity contribution < 1.29 is 42.1 Å². The number of hydrogen-bond donors (Lipinski definition) is 3. The van der Waals surface area contributed by atoms with Crippen LogP contribution in [0.2, 0.25) is 0 Å². The second kappa shape index (κ2) is 12.8. The maximum Gasteiger partial charge on any atom is 0.459 e. The molecule has 5 unspecified atom stereocenters. The van der Waals surface area contributed by atoms with Gasteiger partial charge in [0.1, 0.15) is 23.5 Å². The maximum atomic E-state index is 16.9. The number of ether oxygens (including phenoxy) is 3. The van der Waals surface area contributed by atoms with Gasteiger partial charge in [0.2, 0.25) is 17.6 Å². The average molecular weight is 651 g/mol. The van der Waals surface area contributed by atoms with E-state index in [1.54, 1.807) is 44.3 Å². The number of aliphatic hydroxyl groups is 1. The van der Waals surface area contributed by atoms with E-state index in [0.717, 1.165) is 37.2 Å². The number of methoxy groups -OCH3 is 1. The van der Waals surface area contributed by atoms with Crippen LogP contribution in [0.25, 0.3) is 11.2 Å². The highest BCUT2D eigenvalue weighted by atomic mass is 31.2. The molecule has 1 aromatic carbocycles. The zero-order chi connectivity index (χ0) is 32.5. The molecule has 3 aromatic rings. The molecule has 2 aromatic heterocycles. The number of para-hydroxylation sites is 1. The molecule has 5 rings (SSSR count). The fourth-order valence-electron chi connectivity index (χ4n) is 5.61. The van der Waals surface area contributed by atoms with Crippen molar-refractivity contribution in [1.29, 1.82) is 0 Å².